The average Bonchev–Trinajstić information content (AvgIpc) is 2.04. The van der Waals surface area contributed by atoms with Gasteiger partial charge in [0, 0.05) is 5.33 Å². The van der Waals surface area contributed by atoms with Crippen LogP contribution in [0.25, 0.3) is 0 Å². The highest BCUT2D eigenvalue weighted by Crippen LogP contribution is 2.26. The molecule has 1 aromatic rings. The number of hydrogen-bond acceptors (Lipinski definition) is 2. The summed E-state index contributed by atoms with van der Waals surface area (Å²) in [6.07, 6.45) is 0. The Morgan fingerprint density at radius 2 is 2.27 bits per heavy atom. The van der Waals surface area contributed by atoms with Crippen LogP contribution in [-0.4, -0.2) is 12.2 Å². The summed E-state index contributed by atoms with van der Waals surface area (Å²) in [5, 5.41) is 10.0. The molecule has 0 amide bonds. The SMILES string of the molecule is COc1ccc(CBr)cc1O. The highest BCUT2D eigenvalue weighted by molar-refractivity contribution is 9.08. The topological polar surface area (TPSA) is 29.5 Å². The van der Waals surface area contributed by atoms with Crippen molar-refractivity contribution in [1.29, 1.82) is 0 Å². The third-order valence-corrected chi connectivity index (χ3v) is 2.05. The van der Waals surface area contributed by atoms with Crippen molar-refractivity contribution in [2.75, 3.05) is 7.11 Å². The molecule has 1 rings (SSSR count). The number of halogens is 1. The van der Waals surface area contributed by atoms with Crippen LogP contribution in [0.4, 0.5) is 0 Å². The lowest BCUT2D eigenvalue weighted by Gasteiger charge is -2.03. The number of phenolic OH excluding ortho intramolecular Hbond substituents is 1. The van der Waals surface area contributed by atoms with Crippen LogP contribution >= 0.6 is 15.9 Å². The van der Waals surface area contributed by atoms with Gasteiger partial charge in [0.05, 0.1) is 7.11 Å². The van der Waals surface area contributed by atoms with Crippen LogP contribution in [0.3, 0.4) is 0 Å². The normalized spacial score (nSPS) is 9.64. The number of hydrogen-bond donors (Lipinski definition) is 1. The quantitative estimate of drug-likeness (QED) is 0.770. The Hall–Kier alpha value is -0.700. The van der Waals surface area contributed by atoms with Crippen molar-refractivity contribution in [2.24, 2.45) is 0 Å². The van der Waals surface area contributed by atoms with Gasteiger partial charge in [0.25, 0.3) is 0 Å². The Morgan fingerprint density at radius 1 is 1.55 bits per heavy atom. The largest absolute Gasteiger partial charge is 0.504 e. The standard InChI is InChI=1S/C8H9BrO2/c1-11-8-3-2-6(5-9)4-7(8)10/h2-4,10H,5H2,1H3. The van der Waals surface area contributed by atoms with Crippen LogP contribution in [0, 0.1) is 0 Å². The summed E-state index contributed by atoms with van der Waals surface area (Å²) < 4.78 is 4.88. The lowest BCUT2D eigenvalue weighted by molar-refractivity contribution is 0.373. The maximum Gasteiger partial charge on any atom is 0.160 e. The van der Waals surface area contributed by atoms with E-state index in [1.807, 2.05) is 6.07 Å². The fraction of sp³-hybridized carbons (Fsp3) is 0.250. The third-order valence-electron chi connectivity index (χ3n) is 1.40. The van der Waals surface area contributed by atoms with E-state index in [1.165, 1.54) is 7.11 Å². The summed E-state index contributed by atoms with van der Waals surface area (Å²) in [6, 6.07) is 5.31. The summed E-state index contributed by atoms with van der Waals surface area (Å²) in [7, 11) is 1.53. The smallest absolute Gasteiger partial charge is 0.160 e. The molecule has 0 aromatic heterocycles. The van der Waals surface area contributed by atoms with Crippen molar-refractivity contribution in [1.82, 2.24) is 0 Å². The molecule has 0 spiro atoms. The fourth-order valence-electron chi connectivity index (χ4n) is 0.819. The summed E-state index contributed by atoms with van der Waals surface area (Å²) in [4.78, 5) is 0. The lowest BCUT2D eigenvalue weighted by Crippen LogP contribution is -1.84. The molecule has 0 saturated carbocycles. The van der Waals surface area contributed by atoms with E-state index < -0.39 is 0 Å². The van der Waals surface area contributed by atoms with Gasteiger partial charge in [-0.2, -0.15) is 0 Å². The molecule has 11 heavy (non-hydrogen) atoms. The van der Waals surface area contributed by atoms with Gasteiger partial charge in [-0.05, 0) is 17.7 Å². The Labute approximate surface area is 73.9 Å². The summed E-state index contributed by atoms with van der Waals surface area (Å²) >= 11 is 3.29. The minimum absolute atomic E-state index is 0.185. The van der Waals surface area contributed by atoms with E-state index in [-0.39, 0.29) is 5.75 Å². The van der Waals surface area contributed by atoms with Crippen LogP contribution in [0.2, 0.25) is 0 Å². The number of alkyl halides is 1. The Kier molecular flexibility index (Phi) is 2.76. The zero-order chi connectivity index (χ0) is 8.27. The predicted molar refractivity (Wildman–Crippen MR) is 47.3 cm³/mol. The van der Waals surface area contributed by atoms with E-state index in [0.29, 0.717) is 5.75 Å². The molecule has 0 saturated heterocycles. The first kappa shape index (κ1) is 8.40. The number of methoxy groups -OCH3 is 1. The highest BCUT2D eigenvalue weighted by Gasteiger charge is 2.00. The van der Waals surface area contributed by atoms with Gasteiger partial charge in [-0.15, -0.1) is 0 Å². The number of phenols is 1. The lowest BCUT2D eigenvalue weighted by atomic mass is 10.2. The maximum absolute atomic E-state index is 9.28. The number of benzene rings is 1. The number of rotatable bonds is 2. The zero-order valence-corrected chi connectivity index (χ0v) is 7.76. The van der Waals surface area contributed by atoms with Gasteiger partial charge in [-0.25, -0.2) is 0 Å². The summed E-state index contributed by atoms with van der Waals surface area (Å²) in [5.74, 6) is 0.694. The van der Waals surface area contributed by atoms with Crippen LogP contribution in [0.15, 0.2) is 18.2 Å². The molecular formula is C8H9BrO2. The van der Waals surface area contributed by atoms with Crippen molar-refractivity contribution in [3.63, 3.8) is 0 Å². The zero-order valence-electron chi connectivity index (χ0n) is 6.17. The van der Waals surface area contributed by atoms with Gasteiger partial charge in [-0.3, -0.25) is 0 Å². The molecule has 0 bridgehead atoms. The molecule has 0 aliphatic heterocycles. The monoisotopic (exact) mass is 216 g/mol. The molecule has 0 atom stereocenters. The van der Waals surface area contributed by atoms with Gasteiger partial charge >= 0.3 is 0 Å². The molecule has 0 heterocycles. The van der Waals surface area contributed by atoms with Crippen molar-refractivity contribution < 1.29 is 9.84 Å². The Bertz CT molecular complexity index is 248. The van der Waals surface area contributed by atoms with Crippen LogP contribution in [0.1, 0.15) is 5.56 Å². The first-order chi connectivity index (χ1) is 5.27. The predicted octanol–water partition coefficient (Wildman–Crippen LogP) is 2.30. The molecular weight excluding hydrogens is 208 g/mol. The molecule has 0 aliphatic rings. The van der Waals surface area contributed by atoms with Gasteiger partial charge in [-0.1, -0.05) is 22.0 Å². The molecule has 60 valence electrons. The van der Waals surface area contributed by atoms with Crippen LogP contribution in [0.5, 0.6) is 11.5 Å². The fourth-order valence-corrected chi connectivity index (χ4v) is 1.17. The van der Waals surface area contributed by atoms with Crippen molar-refractivity contribution >= 4 is 15.9 Å². The van der Waals surface area contributed by atoms with Gasteiger partial charge in [0.15, 0.2) is 11.5 Å². The van der Waals surface area contributed by atoms with Gasteiger partial charge < -0.3 is 9.84 Å². The molecule has 1 N–H and O–H groups in total. The third kappa shape index (κ3) is 1.87. The van der Waals surface area contributed by atoms with Gasteiger partial charge in [0.2, 0.25) is 0 Å². The summed E-state index contributed by atoms with van der Waals surface area (Å²) in [6.45, 7) is 0. The molecule has 2 nitrogen and oxygen atoms in total. The molecule has 0 unspecified atom stereocenters. The van der Waals surface area contributed by atoms with E-state index in [0.717, 1.165) is 10.9 Å². The summed E-state index contributed by atoms with van der Waals surface area (Å²) in [5.41, 5.74) is 1.03. The second kappa shape index (κ2) is 3.62. The Morgan fingerprint density at radius 3 is 2.73 bits per heavy atom. The highest BCUT2D eigenvalue weighted by atomic mass is 79.9. The van der Waals surface area contributed by atoms with E-state index in [1.54, 1.807) is 12.1 Å². The van der Waals surface area contributed by atoms with Crippen LogP contribution in [-0.2, 0) is 5.33 Å². The molecule has 3 heteroatoms. The first-order valence-corrected chi connectivity index (χ1v) is 4.32. The second-order valence-electron chi connectivity index (χ2n) is 2.14. The maximum atomic E-state index is 9.28. The van der Waals surface area contributed by atoms with Crippen molar-refractivity contribution in [3.05, 3.63) is 23.8 Å². The first-order valence-electron chi connectivity index (χ1n) is 3.19. The minimum atomic E-state index is 0.185. The molecule has 0 aliphatic carbocycles. The van der Waals surface area contributed by atoms with Crippen molar-refractivity contribution in [2.45, 2.75) is 5.33 Å². The molecule has 0 radical (unpaired) electrons. The van der Waals surface area contributed by atoms with Crippen LogP contribution < -0.4 is 4.74 Å². The second-order valence-corrected chi connectivity index (χ2v) is 2.70. The Balaban J connectivity index is 2.99. The van der Waals surface area contributed by atoms with Gasteiger partial charge in [0.1, 0.15) is 0 Å². The van der Waals surface area contributed by atoms with E-state index in [4.69, 9.17) is 4.74 Å². The van der Waals surface area contributed by atoms with Crippen molar-refractivity contribution in [3.8, 4) is 11.5 Å². The molecule has 1 aromatic carbocycles. The minimum Gasteiger partial charge on any atom is -0.504 e. The van der Waals surface area contributed by atoms with E-state index >= 15 is 0 Å². The molecule has 0 fully saturated rings. The average molecular weight is 217 g/mol. The number of ether oxygens (including phenoxy) is 1. The number of aromatic hydroxyl groups is 1. The van der Waals surface area contributed by atoms with E-state index in [9.17, 15) is 5.11 Å². The van der Waals surface area contributed by atoms with E-state index in [2.05, 4.69) is 15.9 Å².